The first-order valence-electron chi connectivity index (χ1n) is 10.3. The highest BCUT2D eigenvalue weighted by molar-refractivity contribution is 7.09. The maximum atomic E-state index is 4.77. The maximum Gasteiger partial charge on any atom is 0.191 e. The molecule has 0 radical (unpaired) electrons. The minimum Gasteiger partial charge on any atom is -0.357 e. The highest BCUT2D eigenvalue weighted by atomic mass is 32.1. The van der Waals surface area contributed by atoms with Gasteiger partial charge >= 0.3 is 0 Å². The van der Waals surface area contributed by atoms with Crippen LogP contribution in [0.3, 0.4) is 0 Å². The summed E-state index contributed by atoms with van der Waals surface area (Å²) in [7, 11) is 0. The third kappa shape index (κ3) is 5.31. The lowest BCUT2D eigenvalue weighted by molar-refractivity contribution is 0.392. The molecule has 0 bridgehead atoms. The Balaban J connectivity index is 1.56. The molecule has 0 aromatic carbocycles. The lowest BCUT2D eigenvalue weighted by Gasteiger charge is -2.25. The summed E-state index contributed by atoms with van der Waals surface area (Å²) in [5.41, 5.74) is 1.27. The van der Waals surface area contributed by atoms with E-state index in [0.717, 1.165) is 67.9 Å². The largest absolute Gasteiger partial charge is 0.357 e. The van der Waals surface area contributed by atoms with Crippen molar-refractivity contribution in [3.8, 4) is 0 Å². The first kappa shape index (κ1) is 20.8. The monoisotopic (exact) mass is 403 g/mol. The summed E-state index contributed by atoms with van der Waals surface area (Å²) in [4.78, 5) is 14.1. The smallest absolute Gasteiger partial charge is 0.191 e. The SMILES string of the molecule is CCNC(=NCCc1nc(C(C)(C)C)cs1)NC1CCc2nc(CC)nn2C1. The zero-order valence-electron chi connectivity index (χ0n) is 17.7. The number of fused-ring (bicyclic) bond motifs is 1. The van der Waals surface area contributed by atoms with Gasteiger partial charge in [0.25, 0.3) is 0 Å². The van der Waals surface area contributed by atoms with Crippen molar-refractivity contribution < 1.29 is 0 Å². The number of nitrogens with zero attached hydrogens (tertiary/aromatic N) is 5. The van der Waals surface area contributed by atoms with Gasteiger partial charge in [-0.1, -0.05) is 27.7 Å². The minimum atomic E-state index is 0.104. The van der Waals surface area contributed by atoms with E-state index in [2.05, 4.69) is 60.7 Å². The van der Waals surface area contributed by atoms with E-state index in [9.17, 15) is 0 Å². The number of thiazole rings is 1. The summed E-state index contributed by atoms with van der Waals surface area (Å²) < 4.78 is 2.05. The van der Waals surface area contributed by atoms with Gasteiger partial charge in [-0.3, -0.25) is 4.99 Å². The Bertz CT molecular complexity index is 800. The van der Waals surface area contributed by atoms with Gasteiger partial charge in [0.1, 0.15) is 5.82 Å². The second-order valence-electron chi connectivity index (χ2n) is 8.25. The first-order chi connectivity index (χ1) is 13.4. The van der Waals surface area contributed by atoms with Gasteiger partial charge in [-0.25, -0.2) is 14.6 Å². The molecule has 28 heavy (non-hydrogen) atoms. The van der Waals surface area contributed by atoms with Crippen molar-refractivity contribution in [1.82, 2.24) is 30.4 Å². The molecule has 0 aliphatic carbocycles. The number of rotatable bonds is 6. The first-order valence-corrected chi connectivity index (χ1v) is 11.2. The van der Waals surface area contributed by atoms with E-state index in [1.807, 2.05) is 4.68 Å². The summed E-state index contributed by atoms with van der Waals surface area (Å²) >= 11 is 1.73. The molecule has 2 aromatic heterocycles. The predicted octanol–water partition coefficient (Wildman–Crippen LogP) is 2.71. The fourth-order valence-electron chi connectivity index (χ4n) is 3.18. The van der Waals surface area contributed by atoms with E-state index in [-0.39, 0.29) is 5.41 Å². The lowest BCUT2D eigenvalue weighted by atomic mass is 9.93. The van der Waals surface area contributed by atoms with Gasteiger partial charge in [0.2, 0.25) is 0 Å². The molecule has 0 fully saturated rings. The van der Waals surface area contributed by atoms with Crippen LogP contribution in [0.25, 0.3) is 0 Å². The number of aliphatic imine (C=N–C) groups is 1. The number of aryl methyl sites for hydroxylation is 2. The van der Waals surface area contributed by atoms with Crippen molar-refractivity contribution in [3.63, 3.8) is 0 Å². The summed E-state index contributed by atoms with van der Waals surface area (Å²) in [6, 6.07) is 0.323. The molecule has 1 aliphatic heterocycles. The highest BCUT2D eigenvalue weighted by Gasteiger charge is 2.22. The Labute approximate surface area is 172 Å². The van der Waals surface area contributed by atoms with E-state index in [4.69, 9.17) is 9.98 Å². The van der Waals surface area contributed by atoms with Crippen LogP contribution < -0.4 is 10.6 Å². The van der Waals surface area contributed by atoms with E-state index in [0.29, 0.717) is 6.04 Å². The Hall–Kier alpha value is -1.96. The topological polar surface area (TPSA) is 80.0 Å². The number of aromatic nitrogens is 4. The van der Waals surface area contributed by atoms with Gasteiger partial charge in [-0.05, 0) is 13.3 Å². The van der Waals surface area contributed by atoms with Gasteiger partial charge < -0.3 is 10.6 Å². The van der Waals surface area contributed by atoms with Crippen LogP contribution in [0.5, 0.6) is 0 Å². The third-order valence-electron chi connectivity index (χ3n) is 4.82. The molecule has 1 aliphatic rings. The van der Waals surface area contributed by atoms with Crippen molar-refractivity contribution in [2.75, 3.05) is 13.1 Å². The summed E-state index contributed by atoms with van der Waals surface area (Å²) in [5, 5.41) is 14.9. The second-order valence-corrected chi connectivity index (χ2v) is 9.19. The summed E-state index contributed by atoms with van der Waals surface area (Å²) in [6.07, 6.45) is 3.76. The molecular weight excluding hydrogens is 370 g/mol. The second kappa shape index (κ2) is 9.03. The summed E-state index contributed by atoms with van der Waals surface area (Å²) in [6.45, 7) is 13.2. The normalized spacial score (nSPS) is 17.5. The van der Waals surface area contributed by atoms with E-state index >= 15 is 0 Å². The molecule has 0 spiro atoms. The lowest BCUT2D eigenvalue weighted by Crippen LogP contribution is -2.47. The fraction of sp³-hybridized carbons (Fsp3) is 0.700. The zero-order valence-corrected chi connectivity index (χ0v) is 18.6. The minimum absolute atomic E-state index is 0.104. The van der Waals surface area contributed by atoms with E-state index in [1.54, 1.807) is 11.3 Å². The third-order valence-corrected chi connectivity index (χ3v) is 5.73. The van der Waals surface area contributed by atoms with Gasteiger partial charge in [-0.15, -0.1) is 11.3 Å². The average Bonchev–Trinajstić information content (AvgIpc) is 3.27. The van der Waals surface area contributed by atoms with Gasteiger partial charge in [0.05, 0.1) is 17.2 Å². The molecule has 154 valence electrons. The van der Waals surface area contributed by atoms with Crippen LogP contribution in [0.4, 0.5) is 0 Å². The maximum absolute atomic E-state index is 4.77. The Morgan fingerprint density at radius 1 is 1.32 bits per heavy atom. The standard InChI is InChI=1S/C20H33N7S/c1-6-16-25-17-9-8-14(12-27(17)26-16)23-19(21-7-2)22-11-10-18-24-15(13-28-18)20(3,4)5/h13-14H,6-12H2,1-5H3,(H2,21,22,23). The Morgan fingerprint density at radius 3 is 2.82 bits per heavy atom. The van der Waals surface area contributed by atoms with Crippen molar-refractivity contribution in [2.24, 2.45) is 4.99 Å². The molecule has 2 N–H and O–H groups in total. The molecule has 3 rings (SSSR count). The Morgan fingerprint density at radius 2 is 2.14 bits per heavy atom. The summed E-state index contributed by atoms with van der Waals surface area (Å²) in [5.74, 6) is 2.92. The van der Waals surface area contributed by atoms with Crippen LogP contribution in [0, 0.1) is 0 Å². The molecule has 1 unspecified atom stereocenters. The molecular formula is C20H33N7S. The molecule has 0 amide bonds. The van der Waals surface area contributed by atoms with Crippen LogP contribution in [-0.4, -0.2) is 44.8 Å². The van der Waals surface area contributed by atoms with Crippen LogP contribution in [0.1, 0.15) is 63.4 Å². The van der Waals surface area contributed by atoms with Crippen molar-refractivity contribution in [2.45, 2.75) is 78.3 Å². The van der Waals surface area contributed by atoms with E-state index in [1.165, 1.54) is 5.69 Å². The highest BCUT2D eigenvalue weighted by Crippen LogP contribution is 2.24. The molecule has 0 saturated heterocycles. The average molecular weight is 404 g/mol. The molecule has 8 heteroatoms. The van der Waals surface area contributed by atoms with Crippen molar-refractivity contribution in [3.05, 3.63) is 27.7 Å². The van der Waals surface area contributed by atoms with Gasteiger partial charge in [0, 0.05) is 49.2 Å². The van der Waals surface area contributed by atoms with Crippen LogP contribution in [-0.2, 0) is 31.2 Å². The zero-order chi connectivity index (χ0) is 20.1. The number of guanidine groups is 1. The van der Waals surface area contributed by atoms with Gasteiger partial charge in [-0.2, -0.15) is 5.10 Å². The Kier molecular flexibility index (Phi) is 6.69. The number of hydrogen-bond donors (Lipinski definition) is 2. The number of nitrogens with one attached hydrogen (secondary N) is 2. The van der Waals surface area contributed by atoms with Crippen LogP contribution in [0.2, 0.25) is 0 Å². The quantitative estimate of drug-likeness (QED) is 0.573. The van der Waals surface area contributed by atoms with Crippen LogP contribution in [0.15, 0.2) is 10.4 Å². The molecule has 2 aromatic rings. The fourth-order valence-corrected chi connectivity index (χ4v) is 4.19. The van der Waals surface area contributed by atoms with Crippen molar-refractivity contribution >= 4 is 17.3 Å². The number of hydrogen-bond acceptors (Lipinski definition) is 5. The van der Waals surface area contributed by atoms with Crippen LogP contribution >= 0.6 is 11.3 Å². The molecule has 7 nitrogen and oxygen atoms in total. The molecule has 1 atom stereocenters. The predicted molar refractivity (Wildman–Crippen MR) is 115 cm³/mol. The van der Waals surface area contributed by atoms with E-state index < -0.39 is 0 Å². The molecule has 3 heterocycles. The molecule has 0 saturated carbocycles. The van der Waals surface area contributed by atoms with Gasteiger partial charge in [0.15, 0.2) is 11.8 Å². The van der Waals surface area contributed by atoms with Crippen molar-refractivity contribution in [1.29, 1.82) is 0 Å².